The van der Waals surface area contributed by atoms with Gasteiger partial charge in [0.15, 0.2) is 0 Å². The minimum Gasteiger partial charge on any atom is -0.478 e. The molecule has 0 radical (unpaired) electrons. The van der Waals surface area contributed by atoms with Gasteiger partial charge in [-0.25, -0.2) is 4.79 Å². The molecule has 0 bridgehead atoms. The molecule has 1 aromatic carbocycles. The van der Waals surface area contributed by atoms with Crippen molar-refractivity contribution < 1.29 is 14.7 Å². The Kier molecular flexibility index (Phi) is 6.04. The summed E-state index contributed by atoms with van der Waals surface area (Å²) in [7, 11) is 1.91. The highest BCUT2D eigenvalue weighted by molar-refractivity contribution is 6.08. The number of pyridine rings is 1. The maximum absolute atomic E-state index is 13.3. The van der Waals surface area contributed by atoms with Crippen molar-refractivity contribution in [3.8, 4) is 0 Å². The first-order valence-corrected chi connectivity index (χ1v) is 11.8. The van der Waals surface area contributed by atoms with Crippen LogP contribution in [0.2, 0.25) is 0 Å². The van der Waals surface area contributed by atoms with Crippen molar-refractivity contribution in [2.75, 3.05) is 31.7 Å². The van der Waals surface area contributed by atoms with Crippen molar-refractivity contribution in [2.24, 2.45) is 4.99 Å². The molecule has 176 valence electrons. The topological polar surface area (TPSA) is 89.3 Å². The van der Waals surface area contributed by atoms with Crippen LogP contribution in [0.1, 0.15) is 46.8 Å². The van der Waals surface area contributed by atoms with E-state index < -0.39 is 5.97 Å². The summed E-state index contributed by atoms with van der Waals surface area (Å²) in [5, 5.41) is 9.29. The maximum Gasteiger partial charge on any atom is 0.338 e. The van der Waals surface area contributed by atoms with Crippen LogP contribution in [0.25, 0.3) is 0 Å². The molecule has 34 heavy (non-hydrogen) atoms. The van der Waals surface area contributed by atoms with E-state index in [4.69, 9.17) is 0 Å². The number of rotatable bonds is 5. The highest BCUT2D eigenvalue weighted by Crippen LogP contribution is 2.37. The normalized spacial score (nSPS) is 20.1. The Balaban J connectivity index is 1.24. The van der Waals surface area contributed by atoms with Gasteiger partial charge in [-0.15, -0.1) is 0 Å². The first kappa shape index (κ1) is 22.1. The lowest BCUT2D eigenvalue weighted by Gasteiger charge is -2.38. The van der Waals surface area contributed by atoms with Gasteiger partial charge in [-0.2, -0.15) is 0 Å². The number of piperidine rings is 1. The summed E-state index contributed by atoms with van der Waals surface area (Å²) in [6.07, 6.45) is 10.3. The van der Waals surface area contributed by atoms with E-state index in [1.54, 1.807) is 6.20 Å². The summed E-state index contributed by atoms with van der Waals surface area (Å²) in [5.41, 5.74) is 4.42. The number of anilines is 1. The van der Waals surface area contributed by atoms with E-state index >= 15 is 0 Å². The van der Waals surface area contributed by atoms with Crippen molar-refractivity contribution >= 4 is 23.8 Å². The maximum atomic E-state index is 13.3. The van der Waals surface area contributed by atoms with Gasteiger partial charge in [-0.1, -0.05) is 6.07 Å². The second kappa shape index (κ2) is 9.29. The van der Waals surface area contributed by atoms with Gasteiger partial charge < -0.3 is 19.8 Å². The molecule has 2 aromatic rings. The first-order valence-electron chi connectivity index (χ1n) is 11.8. The van der Waals surface area contributed by atoms with Crippen LogP contribution in [0.4, 0.5) is 5.69 Å². The van der Waals surface area contributed by atoms with Crippen molar-refractivity contribution in [1.82, 2.24) is 14.8 Å². The number of hydrogen-bond donors (Lipinski definition) is 1. The average molecular weight is 460 g/mol. The smallest absolute Gasteiger partial charge is 0.338 e. The number of carboxylic acid groups (broad SMARTS) is 1. The van der Waals surface area contributed by atoms with E-state index in [0.717, 1.165) is 55.5 Å². The molecule has 8 heteroatoms. The third-order valence-electron chi connectivity index (χ3n) is 7.22. The Morgan fingerprint density at radius 1 is 1.09 bits per heavy atom. The molecule has 2 aliphatic heterocycles. The molecular weight excluding hydrogens is 430 g/mol. The zero-order valence-electron chi connectivity index (χ0n) is 19.3. The predicted molar refractivity (Wildman–Crippen MR) is 130 cm³/mol. The fraction of sp³-hybridized carbons (Fsp3) is 0.385. The third-order valence-corrected chi connectivity index (χ3v) is 7.22. The molecule has 5 rings (SSSR count). The van der Waals surface area contributed by atoms with E-state index in [0.29, 0.717) is 6.67 Å². The van der Waals surface area contributed by atoms with Crippen molar-refractivity contribution in [2.45, 2.75) is 37.8 Å². The lowest BCUT2D eigenvalue weighted by atomic mass is 10.00. The number of fused-ring (bicyclic) bond motifs is 1. The number of aliphatic carboxylic acids is 1. The monoisotopic (exact) mass is 459 g/mol. The average Bonchev–Trinajstić information content (AvgIpc) is 3.32. The molecule has 1 aliphatic carbocycles. The van der Waals surface area contributed by atoms with Crippen LogP contribution in [-0.4, -0.2) is 70.8 Å². The fourth-order valence-electron chi connectivity index (χ4n) is 5.29. The van der Waals surface area contributed by atoms with Gasteiger partial charge in [0.2, 0.25) is 0 Å². The largest absolute Gasteiger partial charge is 0.478 e. The number of carbonyl (C=O) groups excluding carboxylic acids is 1. The Labute approximate surface area is 199 Å². The zero-order valence-corrected chi connectivity index (χ0v) is 19.3. The van der Waals surface area contributed by atoms with Crippen LogP contribution in [0.15, 0.2) is 59.5 Å². The minimum atomic E-state index is -0.970. The van der Waals surface area contributed by atoms with Crippen molar-refractivity contribution in [1.29, 1.82) is 0 Å². The number of nitrogens with zero attached hydrogens (tertiary/aromatic N) is 5. The Morgan fingerprint density at radius 3 is 2.59 bits per heavy atom. The number of benzene rings is 1. The van der Waals surface area contributed by atoms with Crippen LogP contribution in [0, 0.1) is 0 Å². The molecule has 1 atom stereocenters. The van der Waals surface area contributed by atoms with Gasteiger partial charge in [0, 0.05) is 62.2 Å². The third kappa shape index (κ3) is 4.27. The van der Waals surface area contributed by atoms with Crippen LogP contribution in [0.5, 0.6) is 0 Å². The van der Waals surface area contributed by atoms with Gasteiger partial charge in [0.25, 0.3) is 5.91 Å². The molecule has 0 saturated carbocycles. The van der Waals surface area contributed by atoms with Crippen LogP contribution in [-0.2, 0) is 11.2 Å². The molecule has 1 unspecified atom stereocenters. The van der Waals surface area contributed by atoms with Crippen molar-refractivity contribution in [3.05, 3.63) is 71.2 Å². The van der Waals surface area contributed by atoms with E-state index in [9.17, 15) is 14.7 Å². The molecular formula is C26H29N5O3. The fourth-order valence-corrected chi connectivity index (χ4v) is 5.29. The molecule has 8 nitrogen and oxygen atoms in total. The number of hydrogen-bond acceptors (Lipinski definition) is 6. The summed E-state index contributed by atoms with van der Waals surface area (Å²) in [6, 6.07) is 10.3. The summed E-state index contributed by atoms with van der Waals surface area (Å²) in [6.45, 7) is 2.28. The second-order valence-corrected chi connectivity index (χ2v) is 9.16. The molecule has 1 N–H and O–H groups in total. The van der Waals surface area contributed by atoms with Crippen molar-refractivity contribution in [3.63, 3.8) is 0 Å². The van der Waals surface area contributed by atoms with Crippen LogP contribution >= 0.6 is 0 Å². The lowest BCUT2D eigenvalue weighted by molar-refractivity contribution is -0.132. The summed E-state index contributed by atoms with van der Waals surface area (Å²) < 4.78 is 0. The summed E-state index contributed by atoms with van der Waals surface area (Å²) >= 11 is 0. The van der Waals surface area contributed by atoms with Crippen LogP contribution < -0.4 is 4.90 Å². The Hall–Kier alpha value is -3.68. The minimum absolute atomic E-state index is 0.0595. The van der Waals surface area contributed by atoms with Gasteiger partial charge in [0.05, 0.1) is 11.6 Å². The number of amides is 1. The molecule has 0 spiro atoms. The summed E-state index contributed by atoms with van der Waals surface area (Å²) in [5.74, 6) is -0.911. The Bertz CT molecular complexity index is 1140. The van der Waals surface area contributed by atoms with Gasteiger partial charge in [0.1, 0.15) is 6.67 Å². The van der Waals surface area contributed by atoms with Gasteiger partial charge >= 0.3 is 5.97 Å². The quantitative estimate of drug-likeness (QED) is 0.739. The second-order valence-electron chi connectivity index (χ2n) is 9.16. The van der Waals surface area contributed by atoms with E-state index in [-0.39, 0.29) is 23.6 Å². The molecule has 1 aromatic heterocycles. The van der Waals surface area contributed by atoms with E-state index in [1.807, 2.05) is 59.6 Å². The van der Waals surface area contributed by atoms with E-state index in [1.165, 1.54) is 11.9 Å². The lowest BCUT2D eigenvalue weighted by Crippen LogP contribution is -2.45. The highest BCUT2D eigenvalue weighted by Gasteiger charge is 2.30. The van der Waals surface area contributed by atoms with Gasteiger partial charge in [-0.3, -0.25) is 14.8 Å². The zero-order chi connectivity index (χ0) is 23.7. The summed E-state index contributed by atoms with van der Waals surface area (Å²) in [4.78, 5) is 39.2. The number of aryl methyl sites for hydroxylation is 1. The van der Waals surface area contributed by atoms with E-state index in [2.05, 4.69) is 14.9 Å². The standard InChI is InChI=1S/C26H29N5O3/c1-29(21-8-12-30(13-9-21)22-6-10-27-11-7-22)25(32)19-2-4-23-18(14-19)3-5-24(23)31-16-20(26(33)34)15-28-17-31/h2,4,6-7,10-11,14-16,21,24H,3,5,8-9,12-13,17H2,1H3,(H,33,34). The first-order chi connectivity index (χ1) is 16.5. The number of aromatic nitrogens is 1. The molecule has 3 aliphatic rings. The Morgan fingerprint density at radius 2 is 1.85 bits per heavy atom. The highest BCUT2D eigenvalue weighted by atomic mass is 16.4. The van der Waals surface area contributed by atoms with Gasteiger partial charge in [-0.05, 0) is 61.1 Å². The predicted octanol–water partition coefficient (Wildman–Crippen LogP) is 3.12. The SMILES string of the molecule is CN(C(=O)c1ccc2c(c1)CCC2N1C=C(C(=O)O)C=NC1)C1CCN(c2ccncc2)CC1. The molecule has 3 heterocycles. The molecule has 1 amide bonds. The number of carbonyl (C=O) groups is 2. The van der Waals surface area contributed by atoms with Crippen LogP contribution in [0.3, 0.4) is 0 Å². The molecule has 1 fully saturated rings. The molecule has 1 saturated heterocycles. The number of aliphatic imine (C=N–C) groups is 1. The number of carboxylic acids is 1.